The van der Waals surface area contributed by atoms with E-state index in [1.165, 1.54) is 89.9 Å². The van der Waals surface area contributed by atoms with Crippen LogP contribution < -0.4 is 20.5 Å². The minimum Gasteiger partial charge on any atom is -0.493 e. The van der Waals surface area contributed by atoms with Gasteiger partial charge >= 0.3 is 0 Å². The normalized spacial score (nSPS) is 11.2. The summed E-state index contributed by atoms with van der Waals surface area (Å²) in [6, 6.07) is 5.49. The van der Waals surface area contributed by atoms with E-state index in [4.69, 9.17) is 15.2 Å². The second-order valence-corrected chi connectivity index (χ2v) is 9.16. The lowest BCUT2D eigenvalue weighted by Crippen LogP contribution is -2.22. The fourth-order valence-corrected chi connectivity index (χ4v) is 4.00. The summed E-state index contributed by atoms with van der Waals surface area (Å²) in [5.74, 6) is 0.966. The standard InChI is InChI=1S/C29H50N2O3/c1-3-4-5-6-7-8-9-10-11-12-13-14-15-16-17-18-21-31-22-23-34-27-20-19-26(25-29(30)32)24-28(27)33-2/h10-11,19-20,24,31H,3-9,12-18,21-23,25H2,1-2H3,(H2,30,32)/b11-10-. The van der Waals surface area contributed by atoms with Gasteiger partial charge in [-0.05, 0) is 56.3 Å². The van der Waals surface area contributed by atoms with Crippen LogP contribution in [-0.4, -0.2) is 32.7 Å². The molecule has 0 aromatic heterocycles. The van der Waals surface area contributed by atoms with Crippen molar-refractivity contribution in [3.8, 4) is 11.5 Å². The Morgan fingerprint density at radius 2 is 1.47 bits per heavy atom. The van der Waals surface area contributed by atoms with Crippen LogP contribution >= 0.6 is 0 Å². The van der Waals surface area contributed by atoms with Crippen molar-refractivity contribution in [2.24, 2.45) is 5.73 Å². The molecule has 0 aliphatic carbocycles. The average Bonchev–Trinajstić information content (AvgIpc) is 2.83. The molecule has 0 fully saturated rings. The van der Waals surface area contributed by atoms with E-state index in [-0.39, 0.29) is 12.3 Å². The molecule has 0 bridgehead atoms. The van der Waals surface area contributed by atoms with Crippen LogP contribution in [0.15, 0.2) is 30.4 Å². The number of primary amides is 1. The predicted molar refractivity (Wildman–Crippen MR) is 144 cm³/mol. The van der Waals surface area contributed by atoms with Crippen LogP contribution in [0.2, 0.25) is 0 Å². The van der Waals surface area contributed by atoms with Gasteiger partial charge in [-0.3, -0.25) is 4.79 Å². The third-order valence-corrected chi connectivity index (χ3v) is 6.01. The van der Waals surface area contributed by atoms with Gasteiger partial charge in [-0.15, -0.1) is 0 Å². The summed E-state index contributed by atoms with van der Waals surface area (Å²) in [5.41, 5.74) is 6.08. The van der Waals surface area contributed by atoms with Crippen molar-refractivity contribution in [1.29, 1.82) is 0 Å². The fraction of sp³-hybridized carbons (Fsp3) is 0.690. The first-order valence-corrected chi connectivity index (χ1v) is 13.6. The molecule has 3 N–H and O–H groups in total. The summed E-state index contributed by atoms with van der Waals surface area (Å²) >= 11 is 0. The molecule has 5 heteroatoms. The molecule has 5 nitrogen and oxygen atoms in total. The number of benzene rings is 1. The molecule has 0 unspecified atom stereocenters. The monoisotopic (exact) mass is 474 g/mol. The Bertz CT molecular complexity index is 661. The summed E-state index contributed by atoms with van der Waals surface area (Å²) < 4.78 is 11.2. The highest BCUT2D eigenvalue weighted by Gasteiger charge is 2.07. The van der Waals surface area contributed by atoms with Crippen molar-refractivity contribution in [2.45, 2.75) is 103 Å². The molecular formula is C29H50N2O3. The van der Waals surface area contributed by atoms with E-state index in [1.807, 2.05) is 12.1 Å². The summed E-state index contributed by atoms with van der Waals surface area (Å²) in [6.07, 6.45) is 23.7. The van der Waals surface area contributed by atoms with Gasteiger partial charge in [0.1, 0.15) is 6.61 Å². The minimum absolute atomic E-state index is 0.203. The molecule has 0 saturated heterocycles. The van der Waals surface area contributed by atoms with Crippen molar-refractivity contribution in [3.63, 3.8) is 0 Å². The van der Waals surface area contributed by atoms with Gasteiger partial charge in [0.15, 0.2) is 11.5 Å². The Kier molecular flexibility index (Phi) is 19.0. The number of hydrogen-bond donors (Lipinski definition) is 2. The molecule has 1 rings (SSSR count). The molecule has 0 aliphatic rings. The highest BCUT2D eigenvalue weighted by atomic mass is 16.5. The van der Waals surface area contributed by atoms with Crippen molar-refractivity contribution < 1.29 is 14.3 Å². The van der Waals surface area contributed by atoms with Crippen LogP contribution in [0.3, 0.4) is 0 Å². The molecule has 1 aromatic carbocycles. The van der Waals surface area contributed by atoms with Gasteiger partial charge in [0.2, 0.25) is 5.91 Å². The van der Waals surface area contributed by atoms with E-state index < -0.39 is 0 Å². The Balaban J connectivity index is 1.90. The maximum Gasteiger partial charge on any atom is 0.221 e. The number of carbonyl (C=O) groups excluding carboxylic acids is 1. The van der Waals surface area contributed by atoms with Gasteiger partial charge < -0.3 is 20.5 Å². The topological polar surface area (TPSA) is 73.6 Å². The number of nitrogens with one attached hydrogen (secondary N) is 1. The number of hydrogen-bond acceptors (Lipinski definition) is 4. The predicted octanol–water partition coefficient (Wildman–Crippen LogP) is 6.73. The zero-order chi connectivity index (χ0) is 24.7. The lowest BCUT2D eigenvalue weighted by molar-refractivity contribution is -0.117. The van der Waals surface area contributed by atoms with Crippen molar-refractivity contribution in [1.82, 2.24) is 5.32 Å². The molecule has 194 valence electrons. The van der Waals surface area contributed by atoms with Crippen molar-refractivity contribution in [3.05, 3.63) is 35.9 Å². The maximum atomic E-state index is 11.1. The Labute approximate surface area is 208 Å². The quantitative estimate of drug-likeness (QED) is 0.136. The lowest BCUT2D eigenvalue weighted by atomic mass is 10.1. The summed E-state index contributed by atoms with van der Waals surface area (Å²) in [6.45, 7) is 4.69. The largest absolute Gasteiger partial charge is 0.493 e. The number of nitrogens with two attached hydrogens (primary N) is 1. The van der Waals surface area contributed by atoms with Crippen LogP contribution in [0.25, 0.3) is 0 Å². The second-order valence-electron chi connectivity index (χ2n) is 9.16. The van der Waals surface area contributed by atoms with Gasteiger partial charge in [-0.1, -0.05) is 82.9 Å². The second kappa shape index (κ2) is 21.5. The number of carbonyl (C=O) groups is 1. The Hall–Kier alpha value is -2.01. The van der Waals surface area contributed by atoms with Gasteiger partial charge in [0.25, 0.3) is 0 Å². The SMILES string of the molecule is CCCCCCCC/C=C\CCCCCCCCNCCOc1ccc(CC(N)=O)cc1OC. The van der Waals surface area contributed by atoms with Gasteiger partial charge in [-0.2, -0.15) is 0 Å². The van der Waals surface area contributed by atoms with Crippen LogP contribution in [0, 0.1) is 0 Å². The molecule has 1 aromatic rings. The molecular weight excluding hydrogens is 424 g/mol. The van der Waals surface area contributed by atoms with Gasteiger partial charge in [0, 0.05) is 6.54 Å². The Morgan fingerprint density at radius 3 is 2.09 bits per heavy atom. The smallest absolute Gasteiger partial charge is 0.221 e. The highest BCUT2D eigenvalue weighted by molar-refractivity contribution is 5.76. The van der Waals surface area contributed by atoms with Gasteiger partial charge in [-0.25, -0.2) is 0 Å². The Morgan fingerprint density at radius 1 is 0.853 bits per heavy atom. The van der Waals surface area contributed by atoms with E-state index in [1.54, 1.807) is 13.2 Å². The van der Waals surface area contributed by atoms with E-state index in [0.29, 0.717) is 18.1 Å². The molecule has 0 saturated carbocycles. The van der Waals surface area contributed by atoms with Gasteiger partial charge in [0.05, 0.1) is 13.5 Å². The van der Waals surface area contributed by atoms with Crippen LogP contribution in [-0.2, 0) is 11.2 Å². The number of allylic oxidation sites excluding steroid dienone is 2. The van der Waals surface area contributed by atoms with Crippen LogP contribution in [0.5, 0.6) is 11.5 Å². The molecule has 0 atom stereocenters. The zero-order valence-corrected chi connectivity index (χ0v) is 21.9. The molecule has 0 spiro atoms. The average molecular weight is 475 g/mol. The van der Waals surface area contributed by atoms with Crippen LogP contribution in [0.1, 0.15) is 102 Å². The highest BCUT2D eigenvalue weighted by Crippen LogP contribution is 2.28. The number of rotatable bonds is 23. The number of methoxy groups -OCH3 is 1. The lowest BCUT2D eigenvalue weighted by Gasteiger charge is -2.12. The van der Waals surface area contributed by atoms with E-state index in [0.717, 1.165) is 18.7 Å². The first-order valence-electron chi connectivity index (χ1n) is 13.6. The first-order chi connectivity index (χ1) is 16.7. The number of amides is 1. The van der Waals surface area contributed by atoms with Crippen molar-refractivity contribution in [2.75, 3.05) is 26.8 Å². The van der Waals surface area contributed by atoms with Crippen LogP contribution in [0.4, 0.5) is 0 Å². The molecule has 0 radical (unpaired) electrons. The number of ether oxygens (including phenoxy) is 2. The molecule has 0 aliphatic heterocycles. The third-order valence-electron chi connectivity index (χ3n) is 6.01. The molecule has 34 heavy (non-hydrogen) atoms. The minimum atomic E-state index is -0.355. The maximum absolute atomic E-state index is 11.1. The molecule has 0 heterocycles. The summed E-state index contributed by atoms with van der Waals surface area (Å²) in [5, 5.41) is 3.44. The van der Waals surface area contributed by atoms with E-state index in [2.05, 4.69) is 24.4 Å². The van der Waals surface area contributed by atoms with E-state index in [9.17, 15) is 4.79 Å². The third kappa shape index (κ3) is 16.6. The molecule has 1 amide bonds. The first kappa shape index (κ1) is 30.0. The zero-order valence-electron chi connectivity index (χ0n) is 21.9. The summed E-state index contributed by atoms with van der Waals surface area (Å²) in [7, 11) is 1.60. The van der Waals surface area contributed by atoms with Crippen molar-refractivity contribution >= 4 is 5.91 Å². The number of unbranched alkanes of at least 4 members (excludes halogenated alkanes) is 12. The fourth-order valence-electron chi connectivity index (χ4n) is 4.00. The van der Waals surface area contributed by atoms with E-state index >= 15 is 0 Å². The summed E-state index contributed by atoms with van der Waals surface area (Å²) in [4.78, 5) is 11.1.